The first kappa shape index (κ1) is 20.1. The first-order valence-electron chi connectivity index (χ1n) is 8.85. The zero-order valence-corrected chi connectivity index (χ0v) is 16.5. The molecule has 1 aliphatic heterocycles. The third-order valence-corrected chi connectivity index (χ3v) is 5.90. The molecule has 1 atom stereocenters. The number of nitrogens with one attached hydrogen (secondary N) is 1. The molecule has 6 nitrogen and oxygen atoms in total. The van der Waals surface area contributed by atoms with Crippen LogP contribution in [0.5, 0.6) is 5.75 Å². The summed E-state index contributed by atoms with van der Waals surface area (Å²) in [7, 11) is 0.351. The van der Waals surface area contributed by atoms with Crippen LogP contribution in [0.3, 0.4) is 0 Å². The Bertz CT molecular complexity index is 1140. The first-order chi connectivity index (χ1) is 14.3. The number of halogens is 3. The van der Waals surface area contributed by atoms with Crippen LogP contribution in [0.15, 0.2) is 48.5 Å². The van der Waals surface area contributed by atoms with E-state index in [1.807, 2.05) is 0 Å². The Morgan fingerprint density at radius 1 is 1.13 bits per heavy atom. The molecular formula is C20H16F3N3O3S. The molecule has 0 spiro atoms. The molecule has 2 heterocycles. The van der Waals surface area contributed by atoms with Gasteiger partial charge in [0.15, 0.2) is 0 Å². The number of carbonyl (C=O) groups excluding carboxylic acids is 1. The number of fused-ring (bicyclic) bond motifs is 1. The van der Waals surface area contributed by atoms with Crippen molar-refractivity contribution in [3.8, 4) is 11.4 Å². The molecule has 1 amide bonds. The van der Waals surface area contributed by atoms with Crippen molar-refractivity contribution in [3.63, 3.8) is 0 Å². The Labute approximate surface area is 172 Å². The summed E-state index contributed by atoms with van der Waals surface area (Å²) >= 11 is 0. The number of methoxy groups -OCH3 is 1. The van der Waals surface area contributed by atoms with Crippen molar-refractivity contribution < 1.29 is 26.9 Å². The van der Waals surface area contributed by atoms with Crippen molar-refractivity contribution in [3.05, 3.63) is 70.9 Å². The predicted molar refractivity (Wildman–Crippen MR) is 105 cm³/mol. The second-order valence-corrected chi connectivity index (χ2v) is 8.07. The van der Waals surface area contributed by atoms with E-state index in [4.69, 9.17) is 4.74 Å². The number of anilines is 1. The van der Waals surface area contributed by atoms with Gasteiger partial charge in [-0.15, -0.1) is 0 Å². The molecule has 0 unspecified atom stereocenters. The number of carbonyl (C=O) groups is 1. The highest BCUT2D eigenvalue weighted by molar-refractivity contribution is 7.83. The number of rotatable bonds is 4. The van der Waals surface area contributed by atoms with Crippen LogP contribution >= 0.6 is 0 Å². The Morgan fingerprint density at radius 2 is 1.83 bits per heavy atom. The van der Waals surface area contributed by atoms with Crippen molar-refractivity contribution in [2.45, 2.75) is 17.7 Å². The number of benzene rings is 2. The van der Waals surface area contributed by atoms with Crippen LogP contribution in [0.1, 0.15) is 27.2 Å². The maximum absolute atomic E-state index is 13.3. The van der Waals surface area contributed by atoms with Crippen LogP contribution in [0.2, 0.25) is 0 Å². The summed E-state index contributed by atoms with van der Waals surface area (Å²) < 4.78 is 58.5. The van der Waals surface area contributed by atoms with Gasteiger partial charge in [0.05, 0.1) is 41.1 Å². The van der Waals surface area contributed by atoms with Crippen molar-refractivity contribution in [1.29, 1.82) is 0 Å². The molecule has 0 saturated carbocycles. The second-order valence-electron chi connectivity index (χ2n) is 6.61. The zero-order chi connectivity index (χ0) is 21.5. The normalized spacial score (nSPS) is 15.7. The highest BCUT2D eigenvalue weighted by atomic mass is 32.2. The van der Waals surface area contributed by atoms with Gasteiger partial charge in [-0.1, -0.05) is 12.1 Å². The van der Waals surface area contributed by atoms with Crippen LogP contribution < -0.4 is 10.1 Å². The topological polar surface area (TPSA) is 73.2 Å². The Kier molecular flexibility index (Phi) is 5.10. The molecule has 1 aromatic heterocycles. The summed E-state index contributed by atoms with van der Waals surface area (Å²) in [6.07, 6.45) is -4.67. The predicted octanol–water partition coefficient (Wildman–Crippen LogP) is 3.91. The summed E-state index contributed by atoms with van der Waals surface area (Å²) in [5, 5.41) is 6.99. The fourth-order valence-corrected chi connectivity index (χ4v) is 4.53. The summed E-state index contributed by atoms with van der Waals surface area (Å²) in [5.41, 5.74) is 0.152. The van der Waals surface area contributed by atoms with Crippen LogP contribution in [0.4, 0.5) is 19.0 Å². The van der Waals surface area contributed by atoms with Crippen LogP contribution in [-0.4, -0.2) is 27.0 Å². The minimum atomic E-state index is -4.67. The molecule has 1 aliphatic rings. The molecule has 156 valence electrons. The number of ether oxygens (including phenoxy) is 1. The first-order valence-corrected chi connectivity index (χ1v) is 10.3. The van der Waals surface area contributed by atoms with Gasteiger partial charge >= 0.3 is 6.18 Å². The summed E-state index contributed by atoms with van der Waals surface area (Å²) in [5.74, 6) is 0.299. The van der Waals surface area contributed by atoms with Gasteiger partial charge in [-0.3, -0.25) is 9.00 Å². The van der Waals surface area contributed by atoms with Gasteiger partial charge in [0.2, 0.25) is 0 Å². The molecule has 30 heavy (non-hydrogen) atoms. The Hall–Kier alpha value is -3.14. The van der Waals surface area contributed by atoms with Gasteiger partial charge in [-0.2, -0.15) is 18.3 Å². The van der Waals surface area contributed by atoms with E-state index in [0.29, 0.717) is 22.7 Å². The third-order valence-electron chi connectivity index (χ3n) is 4.70. The molecule has 0 saturated heterocycles. The molecule has 0 fully saturated rings. The number of hydrogen-bond acceptors (Lipinski definition) is 4. The molecule has 0 aliphatic carbocycles. The van der Waals surface area contributed by atoms with E-state index in [2.05, 4.69) is 10.4 Å². The number of aromatic nitrogens is 2. The van der Waals surface area contributed by atoms with Crippen molar-refractivity contribution >= 4 is 22.5 Å². The molecule has 1 N–H and O–H groups in total. The molecule has 10 heteroatoms. The van der Waals surface area contributed by atoms with Gasteiger partial charge in [0.1, 0.15) is 11.6 Å². The average molecular weight is 435 g/mol. The van der Waals surface area contributed by atoms with Gasteiger partial charge in [0, 0.05) is 16.4 Å². The van der Waals surface area contributed by atoms with E-state index < -0.39 is 34.0 Å². The van der Waals surface area contributed by atoms with Gasteiger partial charge < -0.3 is 10.1 Å². The summed E-state index contributed by atoms with van der Waals surface area (Å²) in [4.78, 5) is 12.8. The van der Waals surface area contributed by atoms with Gasteiger partial charge in [0.25, 0.3) is 5.91 Å². The van der Waals surface area contributed by atoms with Gasteiger partial charge in [-0.25, -0.2) is 4.68 Å². The minimum Gasteiger partial charge on any atom is -0.497 e. The quantitative estimate of drug-likeness (QED) is 0.674. The third kappa shape index (κ3) is 3.70. The maximum Gasteiger partial charge on any atom is 0.417 e. The zero-order valence-electron chi connectivity index (χ0n) is 15.7. The van der Waals surface area contributed by atoms with Gasteiger partial charge in [-0.05, 0) is 36.4 Å². The summed E-state index contributed by atoms with van der Waals surface area (Å²) in [6.45, 7) is 0. The van der Waals surface area contributed by atoms with Crippen molar-refractivity contribution in [2.24, 2.45) is 0 Å². The lowest BCUT2D eigenvalue weighted by Gasteiger charge is -2.14. The largest absolute Gasteiger partial charge is 0.497 e. The number of amides is 1. The minimum absolute atomic E-state index is 0.169. The Morgan fingerprint density at radius 3 is 2.50 bits per heavy atom. The highest BCUT2D eigenvalue weighted by Gasteiger charge is 2.36. The van der Waals surface area contributed by atoms with Crippen molar-refractivity contribution in [1.82, 2.24) is 9.78 Å². The second kappa shape index (κ2) is 7.60. The Balaban J connectivity index is 1.76. The van der Waals surface area contributed by atoms with E-state index in [-0.39, 0.29) is 17.3 Å². The van der Waals surface area contributed by atoms with Crippen LogP contribution in [0, 0.1) is 0 Å². The smallest absolute Gasteiger partial charge is 0.417 e. The SMILES string of the molecule is COc1ccc(-n2nc3c(c2NC(=O)c2ccccc2C(F)(F)F)C[S@@](=O)C3)cc1. The van der Waals surface area contributed by atoms with Crippen LogP contribution in [0.25, 0.3) is 5.69 Å². The van der Waals surface area contributed by atoms with E-state index >= 15 is 0 Å². The van der Waals surface area contributed by atoms with Crippen molar-refractivity contribution in [2.75, 3.05) is 12.4 Å². The van der Waals surface area contributed by atoms with E-state index in [0.717, 1.165) is 12.1 Å². The van der Waals surface area contributed by atoms with E-state index in [1.54, 1.807) is 24.3 Å². The van der Waals surface area contributed by atoms with Crippen LogP contribution in [-0.2, 0) is 28.5 Å². The highest BCUT2D eigenvalue weighted by Crippen LogP contribution is 2.34. The lowest BCUT2D eigenvalue weighted by molar-refractivity contribution is -0.137. The summed E-state index contributed by atoms with van der Waals surface area (Å²) in [6, 6.07) is 11.4. The molecule has 0 radical (unpaired) electrons. The lowest BCUT2D eigenvalue weighted by Crippen LogP contribution is -2.21. The molecule has 3 aromatic rings. The standard InChI is InChI=1S/C20H16F3N3O3S/c1-29-13-8-6-12(7-9-13)26-18(15-10-30(28)11-17(15)25-26)24-19(27)14-4-2-3-5-16(14)20(21,22)23/h2-9H,10-11H2,1H3,(H,24,27)/t30-/m1/s1. The molecule has 0 bridgehead atoms. The average Bonchev–Trinajstić information content (AvgIpc) is 3.24. The number of nitrogens with zero attached hydrogens (tertiary/aromatic N) is 2. The number of alkyl halides is 3. The van der Waals surface area contributed by atoms with E-state index in [9.17, 15) is 22.2 Å². The lowest BCUT2D eigenvalue weighted by atomic mass is 10.1. The van der Waals surface area contributed by atoms with E-state index in [1.165, 1.54) is 23.9 Å². The fraction of sp³-hybridized carbons (Fsp3) is 0.200. The molecule has 4 rings (SSSR count). The number of hydrogen-bond donors (Lipinski definition) is 1. The molecular weight excluding hydrogens is 419 g/mol. The maximum atomic E-state index is 13.3. The monoisotopic (exact) mass is 435 g/mol. The fourth-order valence-electron chi connectivity index (χ4n) is 3.27. The molecule has 2 aromatic carbocycles.